The number of hydrogen-bond donors (Lipinski definition) is 1. The number of hydrogen-bond acceptors (Lipinski definition) is 5. The fourth-order valence-electron chi connectivity index (χ4n) is 2.00. The lowest BCUT2D eigenvalue weighted by Crippen LogP contribution is -2.09. The molecular formula is C13H15N3O3. The van der Waals surface area contributed by atoms with Crippen molar-refractivity contribution in [2.75, 3.05) is 13.2 Å². The molecule has 1 aromatic carbocycles. The second-order valence-electron chi connectivity index (χ2n) is 4.39. The molecule has 19 heavy (non-hydrogen) atoms. The summed E-state index contributed by atoms with van der Waals surface area (Å²) in [6.07, 6.45) is 3.23. The minimum Gasteiger partial charge on any atom is -0.490 e. The maximum absolute atomic E-state index is 10.2. The van der Waals surface area contributed by atoms with Crippen molar-refractivity contribution < 1.29 is 14.6 Å². The fraction of sp³-hybridized carbons (Fsp3) is 0.385. The first-order chi connectivity index (χ1) is 9.33. The molecule has 0 amide bonds. The summed E-state index contributed by atoms with van der Waals surface area (Å²) in [5, 5.41) is 14.2. The van der Waals surface area contributed by atoms with Gasteiger partial charge in [-0.15, -0.1) is 0 Å². The Morgan fingerprint density at radius 2 is 2.11 bits per heavy atom. The molecule has 1 aliphatic rings. The van der Waals surface area contributed by atoms with Crippen LogP contribution in [0.2, 0.25) is 0 Å². The highest BCUT2D eigenvalue weighted by molar-refractivity contribution is 5.44. The van der Waals surface area contributed by atoms with Crippen LogP contribution in [0, 0.1) is 0 Å². The molecule has 1 aliphatic heterocycles. The highest BCUT2D eigenvalue weighted by Gasteiger charge is 2.15. The zero-order valence-electron chi connectivity index (χ0n) is 10.4. The Kier molecular flexibility index (Phi) is 3.33. The van der Waals surface area contributed by atoms with Crippen LogP contribution in [0.4, 0.5) is 0 Å². The number of aromatic nitrogens is 3. The molecule has 1 N–H and O–H groups in total. The van der Waals surface area contributed by atoms with Crippen molar-refractivity contribution in [3.63, 3.8) is 0 Å². The summed E-state index contributed by atoms with van der Waals surface area (Å²) < 4.78 is 12.7. The second-order valence-corrected chi connectivity index (χ2v) is 4.39. The quantitative estimate of drug-likeness (QED) is 0.898. The van der Waals surface area contributed by atoms with Gasteiger partial charge in [0.05, 0.1) is 25.9 Å². The van der Waals surface area contributed by atoms with Crippen molar-refractivity contribution in [3.05, 3.63) is 36.4 Å². The van der Waals surface area contributed by atoms with Gasteiger partial charge in [-0.25, -0.2) is 4.98 Å². The predicted molar refractivity (Wildman–Crippen MR) is 67.0 cm³/mol. The van der Waals surface area contributed by atoms with E-state index in [1.165, 1.54) is 6.33 Å². The molecular weight excluding hydrogens is 246 g/mol. The van der Waals surface area contributed by atoms with E-state index in [0.29, 0.717) is 25.5 Å². The highest BCUT2D eigenvalue weighted by atomic mass is 16.5. The molecule has 1 unspecified atom stereocenters. The van der Waals surface area contributed by atoms with E-state index in [-0.39, 0.29) is 0 Å². The Hall–Kier alpha value is -2.08. The molecule has 0 fully saturated rings. The van der Waals surface area contributed by atoms with E-state index in [9.17, 15) is 5.11 Å². The molecule has 0 saturated carbocycles. The molecule has 0 saturated heterocycles. The van der Waals surface area contributed by atoms with Gasteiger partial charge in [-0.3, -0.25) is 4.68 Å². The molecule has 0 aliphatic carbocycles. The third-order valence-electron chi connectivity index (χ3n) is 2.98. The van der Waals surface area contributed by atoms with Gasteiger partial charge in [-0.1, -0.05) is 6.07 Å². The van der Waals surface area contributed by atoms with Gasteiger partial charge in [0, 0.05) is 6.42 Å². The van der Waals surface area contributed by atoms with E-state index < -0.39 is 6.10 Å². The van der Waals surface area contributed by atoms with E-state index in [1.807, 2.05) is 18.2 Å². The molecule has 3 rings (SSSR count). The van der Waals surface area contributed by atoms with Crippen LogP contribution in [-0.4, -0.2) is 33.1 Å². The van der Waals surface area contributed by atoms with Gasteiger partial charge in [-0.05, 0) is 17.7 Å². The Morgan fingerprint density at radius 3 is 2.89 bits per heavy atom. The van der Waals surface area contributed by atoms with Crippen LogP contribution in [0.25, 0.3) is 0 Å². The maximum atomic E-state index is 10.2. The molecule has 1 aromatic heterocycles. The van der Waals surface area contributed by atoms with Crippen LogP contribution < -0.4 is 9.47 Å². The SMILES string of the molecule is OC(Cn1cncn1)c1ccc2c(c1)OCCCO2. The van der Waals surface area contributed by atoms with E-state index in [1.54, 1.807) is 11.0 Å². The van der Waals surface area contributed by atoms with Gasteiger partial charge < -0.3 is 14.6 Å². The third-order valence-corrected chi connectivity index (χ3v) is 2.98. The lowest BCUT2D eigenvalue weighted by molar-refractivity contribution is 0.151. The first-order valence-corrected chi connectivity index (χ1v) is 6.23. The van der Waals surface area contributed by atoms with Crippen LogP contribution >= 0.6 is 0 Å². The minimum atomic E-state index is -0.654. The number of aliphatic hydroxyl groups excluding tert-OH is 1. The van der Waals surface area contributed by atoms with Crippen molar-refractivity contribution in [1.82, 2.24) is 14.8 Å². The molecule has 0 radical (unpaired) electrons. The van der Waals surface area contributed by atoms with E-state index in [0.717, 1.165) is 17.7 Å². The summed E-state index contributed by atoms with van der Waals surface area (Å²) >= 11 is 0. The zero-order chi connectivity index (χ0) is 13.1. The van der Waals surface area contributed by atoms with Gasteiger partial charge in [0.2, 0.25) is 0 Å². The first kappa shape index (κ1) is 12.0. The second kappa shape index (κ2) is 5.27. The summed E-state index contributed by atoms with van der Waals surface area (Å²) in [7, 11) is 0. The summed E-state index contributed by atoms with van der Waals surface area (Å²) in [5.74, 6) is 1.42. The number of fused-ring (bicyclic) bond motifs is 1. The number of ether oxygens (including phenoxy) is 2. The summed E-state index contributed by atoms with van der Waals surface area (Å²) in [6.45, 7) is 1.66. The number of rotatable bonds is 3. The molecule has 0 bridgehead atoms. The number of nitrogens with zero attached hydrogens (tertiary/aromatic N) is 3. The van der Waals surface area contributed by atoms with Crippen molar-refractivity contribution in [1.29, 1.82) is 0 Å². The highest BCUT2D eigenvalue weighted by Crippen LogP contribution is 2.32. The van der Waals surface area contributed by atoms with E-state index >= 15 is 0 Å². The van der Waals surface area contributed by atoms with Gasteiger partial charge >= 0.3 is 0 Å². The predicted octanol–water partition coefficient (Wildman–Crippen LogP) is 1.17. The lowest BCUT2D eigenvalue weighted by atomic mass is 10.1. The van der Waals surface area contributed by atoms with Crippen molar-refractivity contribution in [2.45, 2.75) is 19.1 Å². The van der Waals surface area contributed by atoms with Crippen LogP contribution in [0.1, 0.15) is 18.1 Å². The normalized spacial score (nSPS) is 15.8. The summed E-state index contributed by atoms with van der Waals surface area (Å²) in [4.78, 5) is 3.85. The van der Waals surface area contributed by atoms with Gasteiger partial charge in [0.15, 0.2) is 11.5 Å². The van der Waals surface area contributed by atoms with E-state index in [2.05, 4.69) is 10.1 Å². The lowest BCUT2D eigenvalue weighted by Gasteiger charge is -2.13. The van der Waals surface area contributed by atoms with Crippen LogP contribution in [0.3, 0.4) is 0 Å². The van der Waals surface area contributed by atoms with Gasteiger partial charge in [-0.2, -0.15) is 5.10 Å². The standard InChI is InChI=1S/C13H15N3O3/c17-11(7-16-9-14-8-15-16)10-2-3-12-13(6-10)19-5-1-4-18-12/h2-3,6,8-9,11,17H,1,4-5,7H2. The molecule has 6 heteroatoms. The molecule has 2 heterocycles. The topological polar surface area (TPSA) is 69.4 Å². The maximum Gasteiger partial charge on any atom is 0.161 e. The van der Waals surface area contributed by atoms with Gasteiger partial charge in [0.25, 0.3) is 0 Å². The fourth-order valence-corrected chi connectivity index (χ4v) is 2.00. The Balaban J connectivity index is 1.79. The number of aliphatic hydroxyl groups is 1. The average Bonchev–Trinajstić information content (AvgIpc) is 2.81. The van der Waals surface area contributed by atoms with Crippen LogP contribution in [0.15, 0.2) is 30.9 Å². The largest absolute Gasteiger partial charge is 0.490 e. The van der Waals surface area contributed by atoms with Crippen LogP contribution in [-0.2, 0) is 6.54 Å². The first-order valence-electron chi connectivity index (χ1n) is 6.23. The Morgan fingerprint density at radius 1 is 1.26 bits per heavy atom. The Bertz CT molecular complexity index is 542. The van der Waals surface area contributed by atoms with E-state index in [4.69, 9.17) is 9.47 Å². The van der Waals surface area contributed by atoms with Gasteiger partial charge in [0.1, 0.15) is 12.7 Å². The molecule has 1 atom stereocenters. The third kappa shape index (κ3) is 2.68. The summed E-state index contributed by atoms with van der Waals surface area (Å²) in [6, 6.07) is 5.50. The Labute approximate surface area is 110 Å². The van der Waals surface area contributed by atoms with Crippen molar-refractivity contribution >= 4 is 0 Å². The van der Waals surface area contributed by atoms with Crippen molar-refractivity contribution in [2.24, 2.45) is 0 Å². The monoisotopic (exact) mass is 261 g/mol. The zero-order valence-corrected chi connectivity index (χ0v) is 10.4. The average molecular weight is 261 g/mol. The molecule has 0 spiro atoms. The minimum absolute atomic E-state index is 0.361. The van der Waals surface area contributed by atoms with Crippen LogP contribution in [0.5, 0.6) is 11.5 Å². The van der Waals surface area contributed by atoms with Crippen molar-refractivity contribution in [3.8, 4) is 11.5 Å². The smallest absolute Gasteiger partial charge is 0.161 e. The molecule has 2 aromatic rings. The molecule has 100 valence electrons. The number of benzene rings is 1. The molecule has 6 nitrogen and oxygen atoms in total. The summed E-state index contributed by atoms with van der Waals surface area (Å²) in [5.41, 5.74) is 0.778.